The van der Waals surface area contributed by atoms with Gasteiger partial charge in [-0.15, -0.1) is 0 Å². The molecule has 0 amide bonds. The molecule has 0 aliphatic heterocycles. The van der Waals surface area contributed by atoms with E-state index < -0.39 is 0 Å². The van der Waals surface area contributed by atoms with Crippen LogP contribution in [-0.4, -0.2) is 6.04 Å². The van der Waals surface area contributed by atoms with Gasteiger partial charge in [-0.05, 0) is 44.0 Å². The highest BCUT2D eigenvalue weighted by Crippen LogP contribution is 2.21. The van der Waals surface area contributed by atoms with E-state index in [-0.39, 0.29) is 0 Å². The second-order valence-corrected chi connectivity index (χ2v) is 4.37. The summed E-state index contributed by atoms with van der Waals surface area (Å²) < 4.78 is 1.15. The molecule has 1 N–H and O–H groups in total. The van der Waals surface area contributed by atoms with Crippen LogP contribution in [0.25, 0.3) is 0 Å². The van der Waals surface area contributed by atoms with Crippen LogP contribution >= 0.6 is 15.9 Å². The molecule has 0 saturated carbocycles. The van der Waals surface area contributed by atoms with Crippen molar-refractivity contribution in [3.63, 3.8) is 0 Å². The van der Waals surface area contributed by atoms with E-state index in [1.807, 2.05) is 0 Å². The van der Waals surface area contributed by atoms with E-state index in [1.165, 1.54) is 11.3 Å². The van der Waals surface area contributed by atoms with Crippen molar-refractivity contribution in [1.29, 1.82) is 0 Å². The van der Waals surface area contributed by atoms with E-state index >= 15 is 0 Å². The molecule has 13 heavy (non-hydrogen) atoms. The van der Waals surface area contributed by atoms with Gasteiger partial charge in [-0.2, -0.15) is 0 Å². The van der Waals surface area contributed by atoms with Gasteiger partial charge in [0, 0.05) is 16.2 Å². The van der Waals surface area contributed by atoms with E-state index in [4.69, 9.17) is 0 Å². The van der Waals surface area contributed by atoms with Crippen LogP contribution in [0.4, 0.5) is 5.69 Å². The number of hydrogen-bond donors (Lipinski definition) is 1. The average Bonchev–Trinajstić information content (AvgIpc) is 2.07. The predicted molar refractivity (Wildman–Crippen MR) is 62.3 cm³/mol. The molecule has 0 aliphatic rings. The molecule has 1 aromatic rings. The maximum atomic E-state index is 3.48. The lowest BCUT2D eigenvalue weighted by atomic mass is 10.1. The predicted octanol–water partition coefficient (Wildman–Crippen LogP) is 3.83. The van der Waals surface area contributed by atoms with Gasteiger partial charge in [-0.25, -0.2) is 0 Å². The Morgan fingerprint density at radius 1 is 1.38 bits per heavy atom. The van der Waals surface area contributed by atoms with Crippen LogP contribution < -0.4 is 5.32 Å². The lowest BCUT2D eigenvalue weighted by Gasteiger charge is -2.14. The number of nitrogens with one attached hydrogen (secondary N) is 1. The quantitative estimate of drug-likeness (QED) is 0.849. The first-order chi connectivity index (χ1) is 6.13. The van der Waals surface area contributed by atoms with Gasteiger partial charge in [0.1, 0.15) is 0 Å². The van der Waals surface area contributed by atoms with Gasteiger partial charge in [0.2, 0.25) is 0 Å². The molecular formula is C11H16BrN. The van der Waals surface area contributed by atoms with Gasteiger partial charge in [0.15, 0.2) is 0 Å². The molecule has 0 heterocycles. The molecule has 0 aromatic heterocycles. The molecular weight excluding hydrogens is 226 g/mol. The lowest BCUT2D eigenvalue weighted by Crippen LogP contribution is -2.11. The van der Waals surface area contributed by atoms with Crippen LogP contribution in [0.15, 0.2) is 22.7 Å². The third kappa shape index (κ3) is 3.03. The number of aryl methyl sites for hydroxylation is 1. The second-order valence-electron chi connectivity index (χ2n) is 3.45. The van der Waals surface area contributed by atoms with Crippen LogP contribution in [0.1, 0.15) is 26.3 Å². The first kappa shape index (κ1) is 10.6. The number of halogens is 1. The Morgan fingerprint density at radius 3 is 2.62 bits per heavy atom. The van der Waals surface area contributed by atoms with Gasteiger partial charge in [-0.3, -0.25) is 0 Å². The Kier molecular flexibility index (Phi) is 3.79. The summed E-state index contributed by atoms with van der Waals surface area (Å²) in [5.41, 5.74) is 2.61. The topological polar surface area (TPSA) is 12.0 Å². The van der Waals surface area contributed by atoms with Gasteiger partial charge in [0.25, 0.3) is 0 Å². The Morgan fingerprint density at radius 2 is 2.08 bits per heavy atom. The summed E-state index contributed by atoms with van der Waals surface area (Å²) >= 11 is 3.48. The zero-order chi connectivity index (χ0) is 9.84. The monoisotopic (exact) mass is 241 g/mol. The Hall–Kier alpha value is -0.500. The van der Waals surface area contributed by atoms with Crippen LogP contribution in [0.5, 0.6) is 0 Å². The van der Waals surface area contributed by atoms with Crippen molar-refractivity contribution in [2.45, 2.75) is 33.2 Å². The molecule has 0 unspecified atom stereocenters. The minimum atomic E-state index is 0.492. The van der Waals surface area contributed by atoms with Gasteiger partial charge in [-0.1, -0.05) is 22.9 Å². The van der Waals surface area contributed by atoms with E-state index in [0.29, 0.717) is 6.04 Å². The van der Waals surface area contributed by atoms with Crippen molar-refractivity contribution in [3.05, 3.63) is 28.2 Å². The summed E-state index contributed by atoms with van der Waals surface area (Å²) in [6, 6.07) is 6.86. The largest absolute Gasteiger partial charge is 0.383 e. The Bertz CT molecular complexity index is 281. The second kappa shape index (κ2) is 4.66. The lowest BCUT2D eigenvalue weighted by molar-refractivity contribution is 0.894. The SMILES string of the molecule is CCc1cc(Br)ccc1NC(C)C. The van der Waals surface area contributed by atoms with Crippen LogP contribution in [-0.2, 0) is 6.42 Å². The number of hydrogen-bond acceptors (Lipinski definition) is 1. The summed E-state index contributed by atoms with van der Waals surface area (Å²) in [4.78, 5) is 0. The highest BCUT2D eigenvalue weighted by atomic mass is 79.9. The van der Waals surface area contributed by atoms with Crippen molar-refractivity contribution in [3.8, 4) is 0 Å². The number of rotatable bonds is 3. The fourth-order valence-corrected chi connectivity index (χ4v) is 1.72. The fourth-order valence-electron chi connectivity index (χ4n) is 1.31. The Balaban J connectivity index is 2.92. The van der Waals surface area contributed by atoms with E-state index in [1.54, 1.807) is 0 Å². The summed E-state index contributed by atoms with van der Waals surface area (Å²) in [7, 11) is 0. The molecule has 0 saturated heterocycles. The van der Waals surface area contributed by atoms with Crippen molar-refractivity contribution in [1.82, 2.24) is 0 Å². The number of anilines is 1. The normalized spacial score (nSPS) is 10.5. The molecule has 0 spiro atoms. The minimum Gasteiger partial charge on any atom is -0.383 e. The maximum Gasteiger partial charge on any atom is 0.0375 e. The number of benzene rings is 1. The molecule has 2 heteroatoms. The minimum absolute atomic E-state index is 0.492. The van der Waals surface area contributed by atoms with Crippen molar-refractivity contribution in [2.75, 3.05) is 5.32 Å². The first-order valence-electron chi connectivity index (χ1n) is 4.68. The van der Waals surface area contributed by atoms with Gasteiger partial charge in [0.05, 0.1) is 0 Å². The smallest absolute Gasteiger partial charge is 0.0375 e. The van der Waals surface area contributed by atoms with Crippen LogP contribution in [0.2, 0.25) is 0 Å². The standard InChI is InChI=1S/C11H16BrN/c1-4-9-7-10(12)5-6-11(9)13-8(2)3/h5-8,13H,4H2,1-3H3. The molecule has 0 atom stereocenters. The highest BCUT2D eigenvalue weighted by Gasteiger charge is 2.01. The van der Waals surface area contributed by atoms with Crippen molar-refractivity contribution >= 4 is 21.6 Å². The van der Waals surface area contributed by atoms with Gasteiger partial charge < -0.3 is 5.32 Å². The summed E-state index contributed by atoms with van der Waals surface area (Å²) in [5, 5.41) is 3.43. The average molecular weight is 242 g/mol. The fraction of sp³-hybridized carbons (Fsp3) is 0.455. The van der Waals surface area contributed by atoms with E-state index in [9.17, 15) is 0 Å². The molecule has 0 radical (unpaired) electrons. The van der Waals surface area contributed by atoms with Crippen molar-refractivity contribution < 1.29 is 0 Å². The maximum absolute atomic E-state index is 3.48. The van der Waals surface area contributed by atoms with Crippen molar-refractivity contribution in [2.24, 2.45) is 0 Å². The first-order valence-corrected chi connectivity index (χ1v) is 5.47. The third-order valence-electron chi connectivity index (χ3n) is 1.89. The zero-order valence-electron chi connectivity index (χ0n) is 8.39. The van der Waals surface area contributed by atoms with E-state index in [0.717, 1.165) is 10.9 Å². The molecule has 0 bridgehead atoms. The summed E-state index contributed by atoms with van der Waals surface area (Å²) in [5.74, 6) is 0. The molecule has 0 fully saturated rings. The van der Waals surface area contributed by atoms with Crippen LogP contribution in [0, 0.1) is 0 Å². The summed E-state index contributed by atoms with van der Waals surface area (Å²) in [6.45, 7) is 6.48. The molecule has 1 rings (SSSR count). The van der Waals surface area contributed by atoms with Crippen LogP contribution in [0.3, 0.4) is 0 Å². The van der Waals surface area contributed by atoms with E-state index in [2.05, 4.69) is 60.2 Å². The Labute approximate surface area is 88.7 Å². The molecule has 1 aromatic carbocycles. The third-order valence-corrected chi connectivity index (χ3v) is 2.39. The molecule has 1 nitrogen and oxygen atoms in total. The highest BCUT2D eigenvalue weighted by molar-refractivity contribution is 9.10. The van der Waals surface area contributed by atoms with Gasteiger partial charge >= 0.3 is 0 Å². The molecule has 72 valence electrons. The zero-order valence-corrected chi connectivity index (χ0v) is 9.98. The molecule has 0 aliphatic carbocycles. The summed E-state index contributed by atoms with van der Waals surface area (Å²) in [6.07, 6.45) is 1.06.